The first kappa shape index (κ1) is 29.0. The van der Waals surface area contributed by atoms with Crippen LogP contribution in [0.3, 0.4) is 0 Å². The number of ketones is 1. The van der Waals surface area contributed by atoms with Crippen molar-refractivity contribution in [2.24, 2.45) is 5.73 Å². The molecule has 0 saturated carbocycles. The zero-order chi connectivity index (χ0) is 29.8. The van der Waals surface area contributed by atoms with E-state index in [2.05, 4.69) is 21.6 Å². The third-order valence-electron chi connectivity index (χ3n) is 6.96. The van der Waals surface area contributed by atoms with E-state index in [1.54, 1.807) is 42.3 Å². The molecule has 1 aliphatic carbocycles. The lowest BCUT2D eigenvalue weighted by atomic mass is 9.75. The number of nitrogens with zero attached hydrogens (tertiary/aromatic N) is 4. The Morgan fingerprint density at radius 1 is 1.14 bits per heavy atom. The van der Waals surface area contributed by atoms with Crippen molar-refractivity contribution in [2.45, 2.75) is 29.5 Å². The highest BCUT2D eigenvalue weighted by molar-refractivity contribution is 8.01. The molecule has 1 amide bonds. The van der Waals surface area contributed by atoms with E-state index in [1.165, 1.54) is 37.3 Å². The summed E-state index contributed by atoms with van der Waals surface area (Å²) in [6, 6.07) is 14.7. The zero-order valence-electron chi connectivity index (χ0n) is 23.2. The van der Waals surface area contributed by atoms with Crippen LogP contribution in [0.1, 0.15) is 30.7 Å². The van der Waals surface area contributed by atoms with Gasteiger partial charge in [-0.15, -0.1) is 10.2 Å². The second-order valence-corrected chi connectivity index (χ2v) is 11.5. The topological polar surface area (TPSA) is 153 Å². The van der Waals surface area contributed by atoms with E-state index in [-0.39, 0.29) is 28.8 Å². The van der Waals surface area contributed by atoms with Gasteiger partial charge in [-0.25, -0.2) is 0 Å². The number of Topliss-reactive ketones (excluding diaryl/α,β-unsaturated/α-hetero) is 1. The van der Waals surface area contributed by atoms with Crippen LogP contribution in [-0.2, 0) is 9.59 Å². The molecule has 2 heterocycles. The van der Waals surface area contributed by atoms with E-state index < -0.39 is 5.92 Å². The van der Waals surface area contributed by atoms with Crippen LogP contribution < -0.4 is 30.2 Å². The van der Waals surface area contributed by atoms with Crippen molar-refractivity contribution in [3.05, 3.63) is 70.7 Å². The van der Waals surface area contributed by atoms with Gasteiger partial charge in [-0.05, 0) is 43.2 Å². The van der Waals surface area contributed by atoms with Crippen molar-refractivity contribution >= 4 is 45.6 Å². The van der Waals surface area contributed by atoms with Crippen LogP contribution in [0.2, 0.25) is 0 Å². The SMILES string of the molecule is COc1ccc(OC)c(C2C(C#N)=C(N)N(c3nnc(SCC(=O)Nc4ccccc4OC)s3)C3=C2C(=O)CCC3)c1. The first-order valence-corrected chi connectivity index (χ1v) is 14.8. The Labute approximate surface area is 251 Å². The number of benzene rings is 2. The number of anilines is 2. The van der Waals surface area contributed by atoms with Gasteiger partial charge in [-0.3, -0.25) is 14.5 Å². The van der Waals surface area contributed by atoms with Crippen LogP contribution in [0.25, 0.3) is 0 Å². The number of thioether (sulfide) groups is 1. The molecule has 0 saturated heterocycles. The average molecular weight is 605 g/mol. The number of hydrogen-bond acceptors (Lipinski definition) is 12. The summed E-state index contributed by atoms with van der Waals surface area (Å²) in [6.45, 7) is 0. The molecule has 11 nitrogen and oxygen atoms in total. The summed E-state index contributed by atoms with van der Waals surface area (Å²) in [5.74, 6) is 0.876. The van der Waals surface area contributed by atoms with Crippen molar-refractivity contribution in [1.29, 1.82) is 5.26 Å². The normalized spacial score (nSPS) is 16.6. The standard InChI is InChI=1S/C29H28N6O5S2/c1-38-16-11-12-22(39-2)17(13-16)25-18(14-30)27(31)35(20-8-6-9-21(36)26(20)25)28-33-34-29(42-28)41-15-24(37)32-19-7-4-5-10-23(19)40-3/h4-5,7,10-13,25H,6,8-9,15,31H2,1-3H3,(H,32,37). The van der Waals surface area contributed by atoms with E-state index in [0.717, 1.165) is 0 Å². The molecule has 42 heavy (non-hydrogen) atoms. The van der Waals surface area contributed by atoms with Crippen molar-refractivity contribution in [1.82, 2.24) is 10.2 Å². The van der Waals surface area contributed by atoms with E-state index in [1.807, 2.05) is 12.1 Å². The molecule has 5 rings (SSSR count). The molecular formula is C29H28N6O5S2. The van der Waals surface area contributed by atoms with E-state index in [4.69, 9.17) is 19.9 Å². The van der Waals surface area contributed by atoms with Gasteiger partial charge in [0, 0.05) is 23.3 Å². The number of amides is 1. The number of nitrogens with one attached hydrogen (secondary N) is 1. The minimum atomic E-state index is -0.723. The highest BCUT2D eigenvalue weighted by atomic mass is 32.2. The summed E-state index contributed by atoms with van der Waals surface area (Å²) in [5.41, 5.74) is 9.23. The largest absolute Gasteiger partial charge is 0.497 e. The number of carbonyl (C=O) groups is 2. The number of ether oxygens (including phenoxy) is 3. The molecule has 2 aliphatic rings. The predicted molar refractivity (Wildman–Crippen MR) is 160 cm³/mol. The first-order chi connectivity index (χ1) is 20.4. The van der Waals surface area contributed by atoms with Gasteiger partial charge in [0.25, 0.3) is 0 Å². The van der Waals surface area contributed by atoms with Crippen molar-refractivity contribution in [3.63, 3.8) is 0 Å². The molecule has 3 N–H and O–H groups in total. The van der Waals surface area contributed by atoms with Gasteiger partial charge in [-0.1, -0.05) is 35.2 Å². The number of aromatic nitrogens is 2. The third kappa shape index (κ3) is 5.50. The summed E-state index contributed by atoms with van der Waals surface area (Å²) in [6.07, 6.45) is 1.55. The predicted octanol–water partition coefficient (Wildman–Crippen LogP) is 4.60. The number of allylic oxidation sites excluding steroid dienone is 3. The maximum absolute atomic E-state index is 13.5. The van der Waals surface area contributed by atoms with Crippen LogP contribution in [0.5, 0.6) is 17.2 Å². The number of nitrogens with two attached hydrogens (primary N) is 1. The fraction of sp³-hybridized carbons (Fsp3) is 0.276. The molecule has 3 aromatic rings. The smallest absolute Gasteiger partial charge is 0.234 e. The first-order valence-electron chi connectivity index (χ1n) is 13.0. The van der Waals surface area contributed by atoms with Gasteiger partial charge in [0.2, 0.25) is 11.0 Å². The van der Waals surface area contributed by atoms with Crippen molar-refractivity contribution < 1.29 is 23.8 Å². The van der Waals surface area contributed by atoms with E-state index in [0.29, 0.717) is 68.5 Å². The maximum Gasteiger partial charge on any atom is 0.234 e. The van der Waals surface area contributed by atoms with Gasteiger partial charge in [-0.2, -0.15) is 5.26 Å². The molecule has 0 spiro atoms. The number of para-hydroxylation sites is 2. The van der Waals surface area contributed by atoms with Crippen LogP contribution in [0.4, 0.5) is 10.8 Å². The molecule has 216 valence electrons. The molecule has 0 fully saturated rings. The summed E-state index contributed by atoms with van der Waals surface area (Å²) < 4.78 is 16.9. The summed E-state index contributed by atoms with van der Waals surface area (Å²) in [7, 11) is 4.62. The van der Waals surface area contributed by atoms with Crippen molar-refractivity contribution in [3.8, 4) is 23.3 Å². The van der Waals surface area contributed by atoms with Gasteiger partial charge >= 0.3 is 0 Å². The van der Waals surface area contributed by atoms with Gasteiger partial charge in [0.15, 0.2) is 10.1 Å². The molecule has 1 atom stereocenters. The summed E-state index contributed by atoms with van der Waals surface area (Å²) in [4.78, 5) is 27.7. The van der Waals surface area contributed by atoms with Crippen molar-refractivity contribution in [2.75, 3.05) is 37.3 Å². The third-order valence-corrected chi connectivity index (χ3v) is 9.00. The maximum atomic E-state index is 13.5. The second-order valence-electron chi connectivity index (χ2n) is 9.31. The summed E-state index contributed by atoms with van der Waals surface area (Å²) in [5, 5.41) is 22.2. The number of rotatable bonds is 9. The molecule has 13 heteroatoms. The Morgan fingerprint density at radius 3 is 2.67 bits per heavy atom. The lowest BCUT2D eigenvalue weighted by molar-refractivity contribution is -0.116. The molecular weight excluding hydrogens is 576 g/mol. The molecule has 1 aliphatic heterocycles. The Balaban J connectivity index is 1.46. The van der Waals surface area contributed by atoms with Crippen LogP contribution >= 0.6 is 23.1 Å². The second kappa shape index (κ2) is 12.5. The minimum absolute atomic E-state index is 0.0662. The highest BCUT2D eigenvalue weighted by Gasteiger charge is 2.42. The minimum Gasteiger partial charge on any atom is -0.497 e. The number of methoxy groups -OCH3 is 3. The zero-order valence-corrected chi connectivity index (χ0v) is 24.8. The summed E-state index contributed by atoms with van der Waals surface area (Å²) >= 11 is 2.45. The Morgan fingerprint density at radius 2 is 1.93 bits per heavy atom. The molecule has 2 aromatic carbocycles. The fourth-order valence-electron chi connectivity index (χ4n) is 5.09. The number of carbonyl (C=O) groups excluding carboxylic acids is 2. The quantitative estimate of drug-likeness (QED) is 0.330. The molecule has 1 aromatic heterocycles. The average Bonchev–Trinajstić information content (AvgIpc) is 3.48. The number of hydrogen-bond donors (Lipinski definition) is 2. The Kier molecular flexibility index (Phi) is 8.65. The Hall–Kier alpha value is -4.54. The van der Waals surface area contributed by atoms with Gasteiger partial charge in [0.1, 0.15) is 23.1 Å². The van der Waals surface area contributed by atoms with E-state index in [9.17, 15) is 14.9 Å². The van der Waals surface area contributed by atoms with Crippen LogP contribution in [-0.4, -0.2) is 49.0 Å². The lowest BCUT2D eigenvalue weighted by Crippen LogP contribution is -2.38. The monoisotopic (exact) mass is 604 g/mol. The molecule has 0 bridgehead atoms. The Bertz CT molecular complexity index is 1640. The van der Waals surface area contributed by atoms with Gasteiger partial charge < -0.3 is 25.3 Å². The highest BCUT2D eigenvalue weighted by Crippen LogP contribution is 2.49. The fourth-order valence-corrected chi connectivity index (χ4v) is 6.77. The van der Waals surface area contributed by atoms with E-state index >= 15 is 0 Å². The van der Waals surface area contributed by atoms with Gasteiger partial charge in [0.05, 0.1) is 50.3 Å². The van der Waals surface area contributed by atoms with Crippen LogP contribution in [0, 0.1) is 11.3 Å². The lowest BCUT2D eigenvalue weighted by Gasteiger charge is -2.38. The molecule has 0 radical (unpaired) electrons. The van der Waals surface area contributed by atoms with Crippen LogP contribution in [0.15, 0.2) is 69.5 Å². The molecule has 1 unspecified atom stereocenters. The number of nitriles is 1.